The van der Waals surface area contributed by atoms with Gasteiger partial charge < -0.3 is 21.3 Å². The molecule has 0 radical (unpaired) electrons. The quantitative estimate of drug-likeness (QED) is 0.778. The van der Waals surface area contributed by atoms with Crippen molar-refractivity contribution in [3.8, 4) is 0 Å². The summed E-state index contributed by atoms with van der Waals surface area (Å²) in [7, 11) is 0. The third-order valence-corrected chi connectivity index (χ3v) is 3.57. The van der Waals surface area contributed by atoms with E-state index in [1.807, 2.05) is 25.1 Å². The Morgan fingerprint density at radius 1 is 1.33 bits per heavy atom. The van der Waals surface area contributed by atoms with Gasteiger partial charge in [0.2, 0.25) is 5.91 Å². The number of rotatable bonds is 3. The lowest BCUT2D eigenvalue weighted by Gasteiger charge is -2.30. The van der Waals surface area contributed by atoms with Gasteiger partial charge in [-0.25, -0.2) is 4.79 Å². The zero-order valence-electron chi connectivity index (χ0n) is 12.3. The van der Waals surface area contributed by atoms with Crippen molar-refractivity contribution in [2.45, 2.75) is 25.8 Å². The van der Waals surface area contributed by atoms with Crippen molar-refractivity contribution >= 4 is 17.6 Å². The topological polar surface area (TPSA) is 87.5 Å². The van der Waals surface area contributed by atoms with Gasteiger partial charge in [0.05, 0.1) is 6.54 Å². The van der Waals surface area contributed by atoms with E-state index >= 15 is 0 Å². The summed E-state index contributed by atoms with van der Waals surface area (Å²) in [4.78, 5) is 25.5. The van der Waals surface area contributed by atoms with Crippen molar-refractivity contribution in [3.05, 3.63) is 29.8 Å². The molecule has 0 saturated carbocycles. The fourth-order valence-corrected chi connectivity index (χ4v) is 2.31. The van der Waals surface area contributed by atoms with Gasteiger partial charge in [0.25, 0.3) is 0 Å². The molecule has 6 heteroatoms. The summed E-state index contributed by atoms with van der Waals surface area (Å²) in [5, 5.41) is 5.29. The van der Waals surface area contributed by atoms with Crippen LogP contribution in [0.2, 0.25) is 0 Å². The number of urea groups is 1. The van der Waals surface area contributed by atoms with Gasteiger partial charge in [0.15, 0.2) is 0 Å². The number of anilines is 1. The highest BCUT2D eigenvalue weighted by atomic mass is 16.2. The van der Waals surface area contributed by atoms with E-state index in [4.69, 9.17) is 5.73 Å². The van der Waals surface area contributed by atoms with E-state index in [1.54, 1.807) is 11.0 Å². The van der Waals surface area contributed by atoms with E-state index < -0.39 is 0 Å². The Bertz CT molecular complexity index is 510. The zero-order valence-corrected chi connectivity index (χ0v) is 12.3. The average Bonchev–Trinajstić information content (AvgIpc) is 2.45. The van der Waals surface area contributed by atoms with Crippen molar-refractivity contribution in [3.63, 3.8) is 0 Å². The number of amides is 3. The molecule has 3 amide bonds. The SMILES string of the molecule is Cc1cccc(NC(=O)NCC(=O)N2CCC(N)CC2)c1. The number of aryl methyl sites for hydroxylation is 1. The second-order valence-corrected chi connectivity index (χ2v) is 5.40. The number of hydrogen-bond acceptors (Lipinski definition) is 3. The molecule has 0 aromatic heterocycles. The molecule has 1 heterocycles. The van der Waals surface area contributed by atoms with Gasteiger partial charge in [0, 0.05) is 24.8 Å². The van der Waals surface area contributed by atoms with Gasteiger partial charge in [-0.15, -0.1) is 0 Å². The molecule has 0 aliphatic carbocycles. The van der Waals surface area contributed by atoms with E-state index in [0.29, 0.717) is 18.8 Å². The van der Waals surface area contributed by atoms with Crippen LogP contribution in [-0.4, -0.2) is 42.5 Å². The molecule has 1 aromatic carbocycles. The highest BCUT2D eigenvalue weighted by molar-refractivity contribution is 5.92. The van der Waals surface area contributed by atoms with Crippen molar-refractivity contribution in [1.82, 2.24) is 10.2 Å². The molecule has 0 unspecified atom stereocenters. The number of hydrogen-bond donors (Lipinski definition) is 3. The molecular weight excluding hydrogens is 268 g/mol. The summed E-state index contributed by atoms with van der Waals surface area (Å²) < 4.78 is 0. The highest BCUT2D eigenvalue weighted by Crippen LogP contribution is 2.09. The third kappa shape index (κ3) is 4.75. The lowest BCUT2D eigenvalue weighted by molar-refractivity contribution is -0.131. The van der Waals surface area contributed by atoms with E-state index in [-0.39, 0.29) is 24.5 Å². The van der Waals surface area contributed by atoms with Crippen LogP contribution < -0.4 is 16.4 Å². The summed E-state index contributed by atoms with van der Waals surface area (Å²) in [6.45, 7) is 3.29. The van der Waals surface area contributed by atoms with Crippen LogP contribution in [-0.2, 0) is 4.79 Å². The lowest BCUT2D eigenvalue weighted by atomic mass is 10.1. The number of nitrogens with two attached hydrogens (primary N) is 1. The molecule has 0 spiro atoms. The molecule has 4 N–H and O–H groups in total. The fourth-order valence-electron chi connectivity index (χ4n) is 2.31. The predicted molar refractivity (Wildman–Crippen MR) is 82.0 cm³/mol. The van der Waals surface area contributed by atoms with Crippen LogP contribution in [0.1, 0.15) is 18.4 Å². The number of piperidine rings is 1. The van der Waals surface area contributed by atoms with Gasteiger partial charge in [-0.1, -0.05) is 12.1 Å². The Morgan fingerprint density at radius 3 is 2.71 bits per heavy atom. The number of nitrogens with one attached hydrogen (secondary N) is 2. The first-order valence-electron chi connectivity index (χ1n) is 7.19. The molecule has 1 fully saturated rings. The van der Waals surface area contributed by atoms with Crippen molar-refractivity contribution in [2.24, 2.45) is 5.73 Å². The van der Waals surface area contributed by atoms with Crippen molar-refractivity contribution < 1.29 is 9.59 Å². The minimum atomic E-state index is -0.373. The van der Waals surface area contributed by atoms with Gasteiger partial charge in [-0.3, -0.25) is 4.79 Å². The molecule has 2 rings (SSSR count). The third-order valence-electron chi connectivity index (χ3n) is 3.57. The molecule has 1 aromatic rings. The number of benzene rings is 1. The van der Waals surface area contributed by atoms with Crippen LogP contribution in [0, 0.1) is 6.92 Å². The molecular formula is C15H22N4O2. The molecule has 114 valence electrons. The zero-order chi connectivity index (χ0) is 15.2. The number of carbonyl (C=O) groups is 2. The Balaban J connectivity index is 1.75. The minimum absolute atomic E-state index is 0.00683. The van der Waals surface area contributed by atoms with Gasteiger partial charge in [-0.2, -0.15) is 0 Å². The molecule has 0 bridgehead atoms. The maximum Gasteiger partial charge on any atom is 0.319 e. The highest BCUT2D eigenvalue weighted by Gasteiger charge is 2.20. The summed E-state index contributed by atoms with van der Waals surface area (Å²) in [5.41, 5.74) is 7.58. The van der Waals surface area contributed by atoms with Gasteiger partial charge in [-0.05, 0) is 37.5 Å². The smallest absolute Gasteiger partial charge is 0.319 e. The van der Waals surface area contributed by atoms with E-state index in [0.717, 1.165) is 18.4 Å². The van der Waals surface area contributed by atoms with Crippen LogP contribution >= 0.6 is 0 Å². The summed E-state index contributed by atoms with van der Waals surface area (Å²) in [6, 6.07) is 7.31. The Morgan fingerprint density at radius 2 is 2.05 bits per heavy atom. The summed E-state index contributed by atoms with van der Waals surface area (Å²) in [6.07, 6.45) is 1.64. The number of carbonyl (C=O) groups excluding carboxylic acids is 2. The normalized spacial score (nSPS) is 15.6. The Hall–Kier alpha value is -2.08. The summed E-state index contributed by atoms with van der Waals surface area (Å²) in [5.74, 6) is -0.0682. The largest absolute Gasteiger partial charge is 0.341 e. The predicted octanol–water partition coefficient (Wildman–Crippen LogP) is 1.07. The second-order valence-electron chi connectivity index (χ2n) is 5.40. The number of likely N-dealkylation sites (tertiary alicyclic amines) is 1. The van der Waals surface area contributed by atoms with E-state index in [1.165, 1.54) is 0 Å². The van der Waals surface area contributed by atoms with E-state index in [9.17, 15) is 9.59 Å². The van der Waals surface area contributed by atoms with Crippen molar-refractivity contribution in [2.75, 3.05) is 25.0 Å². The molecule has 1 aliphatic heterocycles. The number of nitrogens with zero attached hydrogens (tertiary/aromatic N) is 1. The average molecular weight is 290 g/mol. The first-order chi connectivity index (χ1) is 10.0. The lowest BCUT2D eigenvalue weighted by Crippen LogP contribution is -2.47. The first kappa shape index (κ1) is 15.3. The Kier molecular flexibility index (Phi) is 5.16. The molecule has 6 nitrogen and oxygen atoms in total. The minimum Gasteiger partial charge on any atom is -0.341 e. The van der Waals surface area contributed by atoms with Crippen LogP contribution in [0.3, 0.4) is 0 Å². The van der Waals surface area contributed by atoms with Gasteiger partial charge >= 0.3 is 6.03 Å². The molecule has 21 heavy (non-hydrogen) atoms. The monoisotopic (exact) mass is 290 g/mol. The molecule has 1 aliphatic rings. The van der Waals surface area contributed by atoms with Crippen LogP contribution in [0.25, 0.3) is 0 Å². The van der Waals surface area contributed by atoms with Crippen molar-refractivity contribution in [1.29, 1.82) is 0 Å². The first-order valence-corrected chi connectivity index (χ1v) is 7.19. The van der Waals surface area contributed by atoms with E-state index in [2.05, 4.69) is 10.6 Å². The second kappa shape index (κ2) is 7.08. The fraction of sp³-hybridized carbons (Fsp3) is 0.467. The van der Waals surface area contributed by atoms with Crippen LogP contribution in [0.15, 0.2) is 24.3 Å². The van der Waals surface area contributed by atoms with Gasteiger partial charge in [0.1, 0.15) is 0 Å². The Labute approximate surface area is 124 Å². The maximum atomic E-state index is 12.0. The standard InChI is InChI=1S/C15H22N4O2/c1-11-3-2-4-13(9-11)18-15(21)17-10-14(20)19-7-5-12(16)6-8-19/h2-4,9,12H,5-8,10,16H2,1H3,(H2,17,18,21). The summed E-state index contributed by atoms with van der Waals surface area (Å²) >= 11 is 0. The maximum absolute atomic E-state index is 12.0. The van der Waals surface area contributed by atoms with Crippen LogP contribution in [0.4, 0.5) is 10.5 Å². The molecule has 0 atom stereocenters. The molecule has 1 saturated heterocycles. The van der Waals surface area contributed by atoms with Crippen LogP contribution in [0.5, 0.6) is 0 Å².